The highest BCUT2D eigenvalue weighted by atomic mass is 32.1. The highest BCUT2D eigenvalue weighted by Crippen LogP contribution is 2.26. The lowest BCUT2D eigenvalue weighted by Gasteiger charge is -2.21. The summed E-state index contributed by atoms with van der Waals surface area (Å²) in [5.41, 5.74) is 7.20. The van der Waals surface area contributed by atoms with Gasteiger partial charge in [-0.25, -0.2) is 0 Å². The van der Waals surface area contributed by atoms with Crippen molar-refractivity contribution in [1.82, 2.24) is 5.32 Å². The Hall–Kier alpha value is -0.380. The molecule has 2 atom stereocenters. The topological polar surface area (TPSA) is 38.0 Å². The van der Waals surface area contributed by atoms with Crippen molar-refractivity contribution >= 4 is 11.3 Å². The number of nitrogens with one attached hydrogen (secondary N) is 1. The lowest BCUT2D eigenvalue weighted by Crippen LogP contribution is -2.34. The molecule has 0 aliphatic heterocycles. The maximum Gasteiger partial charge on any atom is 0.0457 e. The molecule has 1 aromatic heterocycles. The number of nitrogens with two attached hydrogens (primary N) is 1. The van der Waals surface area contributed by atoms with Gasteiger partial charge in [-0.2, -0.15) is 0 Å². The zero-order valence-corrected chi connectivity index (χ0v) is 10.9. The van der Waals surface area contributed by atoms with Crippen LogP contribution in [0.2, 0.25) is 0 Å². The van der Waals surface area contributed by atoms with Crippen molar-refractivity contribution in [3.05, 3.63) is 21.4 Å². The highest BCUT2D eigenvalue weighted by molar-refractivity contribution is 7.12. The van der Waals surface area contributed by atoms with E-state index in [9.17, 15) is 0 Å². The summed E-state index contributed by atoms with van der Waals surface area (Å²) in [7, 11) is 0. The molecule has 0 aliphatic carbocycles. The molecule has 0 amide bonds. The minimum absolute atomic E-state index is 0.310. The number of hydrogen-bond donors (Lipinski definition) is 2. The maximum absolute atomic E-state index is 5.83. The minimum atomic E-state index is 0.310. The third-order valence-corrected chi connectivity index (χ3v) is 3.77. The molecule has 15 heavy (non-hydrogen) atoms. The van der Waals surface area contributed by atoms with Crippen LogP contribution in [0, 0.1) is 13.8 Å². The van der Waals surface area contributed by atoms with E-state index in [2.05, 4.69) is 39.1 Å². The second-order valence-electron chi connectivity index (χ2n) is 4.13. The Kier molecular flexibility index (Phi) is 4.77. The van der Waals surface area contributed by atoms with Crippen molar-refractivity contribution in [2.24, 2.45) is 5.73 Å². The second-order valence-corrected chi connectivity index (χ2v) is 5.59. The summed E-state index contributed by atoms with van der Waals surface area (Å²) in [6.07, 6.45) is 1.14. The SMILES string of the molecule is CCC(C)NC(CN)c1cc(C)sc1C. The smallest absolute Gasteiger partial charge is 0.0457 e. The molecule has 2 unspecified atom stereocenters. The molecule has 0 saturated heterocycles. The molecular formula is C12H22N2S. The summed E-state index contributed by atoms with van der Waals surface area (Å²) in [6.45, 7) is 9.39. The Bertz CT molecular complexity index is 307. The van der Waals surface area contributed by atoms with Crippen LogP contribution >= 0.6 is 11.3 Å². The summed E-state index contributed by atoms with van der Waals surface area (Å²) in [5.74, 6) is 0. The van der Waals surface area contributed by atoms with Gasteiger partial charge in [0.15, 0.2) is 0 Å². The molecule has 0 bridgehead atoms. The van der Waals surface area contributed by atoms with Crippen molar-refractivity contribution < 1.29 is 0 Å². The van der Waals surface area contributed by atoms with Gasteiger partial charge in [0.2, 0.25) is 0 Å². The molecular weight excluding hydrogens is 204 g/mol. The van der Waals surface area contributed by atoms with Gasteiger partial charge in [0.1, 0.15) is 0 Å². The van der Waals surface area contributed by atoms with Gasteiger partial charge in [-0.1, -0.05) is 6.92 Å². The van der Waals surface area contributed by atoms with Gasteiger partial charge in [-0.05, 0) is 38.8 Å². The zero-order chi connectivity index (χ0) is 11.4. The van der Waals surface area contributed by atoms with Crippen molar-refractivity contribution in [3.63, 3.8) is 0 Å². The van der Waals surface area contributed by atoms with E-state index in [1.807, 2.05) is 11.3 Å². The normalized spacial score (nSPS) is 15.3. The van der Waals surface area contributed by atoms with Crippen LogP contribution in [0.1, 0.15) is 41.6 Å². The van der Waals surface area contributed by atoms with E-state index in [0.29, 0.717) is 18.6 Å². The fourth-order valence-electron chi connectivity index (χ4n) is 1.74. The Morgan fingerprint density at radius 2 is 2.13 bits per heavy atom. The number of thiophene rings is 1. The van der Waals surface area contributed by atoms with Crippen LogP contribution in [0.4, 0.5) is 0 Å². The predicted molar refractivity (Wildman–Crippen MR) is 68.5 cm³/mol. The van der Waals surface area contributed by atoms with Crippen molar-refractivity contribution in [1.29, 1.82) is 0 Å². The fourth-order valence-corrected chi connectivity index (χ4v) is 2.73. The summed E-state index contributed by atoms with van der Waals surface area (Å²) < 4.78 is 0. The van der Waals surface area contributed by atoms with Crippen LogP contribution in [0.25, 0.3) is 0 Å². The molecule has 1 heterocycles. The third kappa shape index (κ3) is 3.30. The first-order chi connectivity index (χ1) is 7.08. The van der Waals surface area contributed by atoms with Gasteiger partial charge >= 0.3 is 0 Å². The zero-order valence-electron chi connectivity index (χ0n) is 10.1. The molecule has 1 rings (SSSR count). The Balaban J connectivity index is 2.78. The van der Waals surface area contributed by atoms with Crippen molar-refractivity contribution in [3.8, 4) is 0 Å². The van der Waals surface area contributed by atoms with Crippen LogP contribution in [0.15, 0.2) is 6.07 Å². The number of aryl methyl sites for hydroxylation is 2. The lowest BCUT2D eigenvalue weighted by atomic mass is 10.1. The summed E-state index contributed by atoms with van der Waals surface area (Å²) in [5, 5.41) is 3.57. The number of rotatable bonds is 5. The van der Waals surface area contributed by atoms with E-state index >= 15 is 0 Å². The van der Waals surface area contributed by atoms with E-state index in [1.54, 1.807) is 0 Å². The predicted octanol–water partition coefficient (Wildman–Crippen LogP) is 2.75. The first-order valence-electron chi connectivity index (χ1n) is 5.61. The standard InChI is InChI=1S/C12H22N2S/c1-5-8(2)14-12(7-13)11-6-9(3)15-10(11)4/h6,8,12,14H,5,7,13H2,1-4H3. The fraction of sp³-hybridized carbons (Fsp3) is 0.667. The molecule has 3 N–H and O–H groups in total. The van der Waals surface area contributed by atoms with Gasteiger partial charge in [0.25, 0.3) is 0 Å². The average molecular weight is 226 g/mol. The Morgan fingerprint density at radius 3 is 2.53 bits per heavy atom. The third-order valence-electron chi connectivity index (χ3n) is 2.79. The molecule has 3 heteroatoms. The summed E-state index contributed by atoms with van der Waals surface area (Å²) >= 11 is 1.85. The highest BCUT2D eigenvalue weighted by Gasteiger charge is 2.15. The lowest BCUT2D eigenvalue weighted by molar-refractivity contribution is 0.451. The minimum Gasteiger partial charge on any atom is -0.329 e. The molecule has 86 valence electrons. The molecule has 0 spiro atoms. The van der Waals surface area contributed by atoms with Crippen LogP contribution in [0.3, 0.4) is 0 Å². The second kappa shape index (κ2) is 5.64. The summed E-state index contributed by atoms with van der Waals surface area (Å²) in [4.78, 5) is 2.76. The quantitative estimate of drug-likeness (QED) is 0.810. The van der Waals surface area contributed by atoms with Gasteiger partial charge in [-0.15, -0.1) is 11.3 Å². The molecule has 0 aromatic carbocycles. The number of hydrogen-bond acceptors (Lipinski definition) is 3. The van der Waals surface area contributed by atoms with Crippen LogP contribution in [-0.4, -0.2) is 12.6 Å². The van der Waals surface area contributed by atoms with E-state index < -0.39 is 0 Å². The Morgan fingerprint density at radius 1 is 1.47 bits per heavy atom. The summed E-state index contributed by atoms with van der Waals surface area (Å²) in [6, 6.07) is 3.09. The van der Waals surface area contributed by atoms with Gasteiger partial charge in [-0.3, -0.25) is 0 Å². The van der Waals surface area contributed by atoms with E-state index in [4.69, 9.17) is 5.73 Å². The van der Waals surface area contributed by atoms with Crippen LogP contribution in [-0.2, 0) is 0 Å². The molecule has 0 aliphatic rings. The molecule has 0 radical (unpaired) electrons. The van der Waals surface area contributed by atoms with Crippen LogP contribution < -0.4 is 11.1 Å². The van der Waals surface area contributed by atoms with E-state index in [0.717, 1.165) is 6.42 Å². The van der Waals surface area contributed by atoms with Crippen molar-refractivity contribution in [2.45, 2.75) is 46.2 Å². The molecule has 1 aromatic rings. The van der Waals surface area contributed by atoms with Crippen LogP contribution in [0.5, 0.6) is 0 Å². The largest absolute Gasteiger partial charge is 0.329 e. The van der Waals surface area contributed by atoms with Crippen molar-refractivity contribution in [2.75, 3.05) is 6.54 Å². The van der Waals surface area contributed by atoms with E-state index in [-0.39, 0.29) is 0 Å². The first-order valence-corrected chi connectivity index (χ1v) is 6.43. The maximum atomic E-state index is 5.83. The van der Waals surface area contributed by atoms with E-state index in [1.165, 1.54) is 15.3 Å². The molecule has 2 nitrogen and oxygen atoms in total. The van der Waals surface area contributed by atoms with Gasteiger partial charge in [0.05, 0.1) is 0 Å². The van der Waals surface area contributed by atoms with Gasteiger partial charge < -0.3 is 11.1 Å². The Labute approximate surface area is 96.9 Å². The average Bonchev–Trinajstić information content (AvgIpc) is 2.54. The monoisotopic (exact) mass is 226 g/mol. The first kappa shape index (κ1) is 12.7. The molecule has 0 fully saturated rings. The van der Waals surface area contributed by atoms with Gasteiger partial charge in [0, 0.05) is 28.4 Å². The molecule has 0 saturated carbocycles.